The Labute approximate surface area is 180 Å². The van der Waals surface area contributed by atoms with Crippen molar-refractivity contribution in [1.82, 2.24) is 29.5 Å². The van der Waals surface area contributed by atoms with E-state index in [1.807, 2.05) is 12.1 Å². The maximum atomic E-state index is 6.10. The summed E-state index contributed by atoms with van der Waals surface area (Å²) in [6.07, 6.45) is 8.59. The van der Waals surface area contributed by atoms with Gasteiger partial charge in [0.15, 0.2) is 11.5 Å². The lowest BCUT2D eigenvalue weighted by atomic mass is 10.1. The van der Waals surface area contributed by atoms with E-state index in [1.54, 1.807) is 23.1 Å². The Kier molecular flexibility index (Phi) is 5.45. The van der Waals surface area contributed by atoms with Gasteiger partial charge in [-0.1, -0.05) is 30.3 Å². The fourth-order valence-electron chi connectivity index (χ4n) is 3.91. The SMILES string of the molecule is Nc1nc(OCc2cccnc2)nn2c(Cc3ccc(CN4CCCC4)cc3)cnc12. The number of aromatic nitrogens is 5. The Balaban J connectivity index is 1.31. The first-order valence-electron chi connectivity index (χ1n) is 10.6. The minimum atomic E-state index is 0.217. The van der Waals surface area contributed by atoms with E-state index in [9.17, 15) is 0 Å². The molecule has 4 heterocycles. The number of hydrogen-bond acceptors (Lipinski definition) is 7. The van der Waals surface area contributed by atoms with Crippen molar-refractivity contribution >= 4 is 11.5 Å². The predicted molar refractivity (Wildman–Crippen MR) is 118 cm³/mol. The van der Waals surface area contributed by atoms with E-state index in [1.165, 1.54) is 37.1 Å². The van der Waals surface area contributed by atoms with Crippen LogP contribution in [0.5, 0.6) is 6.01 Å². The van der Waals surface area contributed by atoms with E-state index in [0.29, 0.717) is 24.5 Å². The molecule has 1 saturated heterocycles. The first-order chi connectivity index (χ1) is 15.2. The molecule has 0 radical (unpaired) electrons. The number of nitrogens with zero attached hydrogens (tertiary/aromatic N) is 6. The van der Waals surface area contributed by atoms with Gasteiger partial charge in [-0.05, 0) is 43.1 Å². The highest BCUT2D eigenvalue weighted by Gasteiger charge is 2.14. The van der Waals surface area contributed by atoms with Gasteiger partial charge in [0.25, 0.3) is 0 Å². The van der Waals surface area contributed by atoms with Crippen LogP contribution in [0.2, 0.25) is 0 Å². The van der Waals surface area contributed by atoms with Gasteiger partial charge in [0.05, 0.1) is 11.9 Å². The van der Waals surface area contributed by atoms with Crippen molar-refractivity contribution in [2.75, 3.05) is 18.8 Å². The molecular weight excluding hydrogens is 390 g/mol. The van der Waals surface area contributed by atoms with Crippen LogP contribution in [0.1, 0.15) is 35.2 Å². The van der Waals surface area contributed by atoms with E-state index >= 15 is 0 Å². The highest BCUT2D eigenvalue weighted by Crippen LogP contribution is 2.19. The second-order valence-corrected chi connectivity index (χ2v) is 7.89. The second-order valence-electron chi connectivity index (χ2n) is 7.89. The first-order valence-corrected chi connectivity index (χ1v) is 10.6. The molecule has 8 heteroatoms. The number of imidazole rings is 1. The van der Waals surface area contributed by atoms with Gasteiger partial charge in [-0.3, -0.25) is 9.88 Å². The largest absolute Gasteiger partial charge is 0.457 e. The van der Waals surface area contributed by atoms with Crippen LogP contribution < -0.4 is 10.5 Å². The Hall–Kier alpha value is -3.52. The molecule has 1 fully saturated rings. The topological polar surface area (TPSA) is 94.5 Å². The van der Waals surface area contributed by atoms with E-state index in [0.717, 1.165) is 17.8 Å². The van der Waals surface area contributed by atoms with E-state index in [4.69, 9.17) is 10.5 Å². The van der Waals surface area contributed by atoms with Crippen molar-refractivity contribution < 1.29 is 4.74 Å². The molecule has 158 valence electrons. The molecule has 2 N–H and O–H groups in total. The molecule has 1 aromatic carbocycles. The van der Waals surface area contributed by atoms with Gasteiger partial charge < -0.3 is 10.5 Å². The molecule has 0 unspecified atom stereocenters. The first kappa shape index (κ1) is 19.4. The highest BCUT2D eigenvalue weighted by atomic mass is 16.5. The molecule has 4 aromatic rings. The number of rotatable bonds is 7. The molecule has 5 rings (SSSR count). The minimum absolute atomic E-state index is 0.217. The normalized spacial score (nSPS) is 14.3. The van der Waals surface area contributed by atoms with Gasteiger partial charge in [0.1, 0.15) is 6.61 Å². The van der Waals surface area contributed by atoms with Crippen molar-refractivity contribution in [2.24, 2.45) is 0 Å². The van der Waals surface area contributed by atoms with Crippen LogP contribution in [0.4, 0.5) is 5.82 Å². The summed E-state index contributed by atoms with van der Waals surface area (Å²) in [5.74, 6) is 0.295. The highest BCUT2D eigenvalue weighted by molar-refractivity contribution is 5.59. The van der Waals surface area contributed by atoms with Crippen molar-refractivity contribution in [2.45, 2.75) is 32.4 Å². The number of hydrogen-bond donors (Lipinski definition) is 1. The number of nitrogen functional groups attached to an aromatic ring is 1. The average molecular weight is 416 g/mol. The summed E-state index contributed by atoms with van der Waals surface area (Å²) in [4.78, 5) is 15.2. The standard InChI is InChI=1S/C23H25N7O/c24-21-22-26-14-20(12-17-5-7-18(8-6-17)15-29-10-1-2-11-29)30(22)28-23(27-21)31-16-19-4-3-9-25-13-19/h3-9,13-14H,1-2,10-12,15-16H2,(H2,24,27,28). The zero-order valence-electron chi connectivity index (χ0n) is 17.3. The number of ether oxygens (including phenoxy) is 1. The van der Waals surface area contributed by atoms with Crippen molar-refractivity contribution in [1.29, 1.82) is 0 Å². The summed E-state index contributed by atoms with van der Waals surface area (Å²) in [6.45, 7) is 3.75. The maximum Gasteiger partial charge on any atom is 0.336 e. The molecule has 1 aliphatic rings. The Morgan fingerprint density at radius 3 is 2.55 bits per heavy atom. The van der Waals surface area contributed by atoms with Crippen LogP contribution in [0, 0.1) is 0 Å². The zero-order chi connectivity index (χ0) is 21.0. The predicted octanol–water partition coefficient (Wildman–Crippen LogP) is 2.87. The summed E-state index contributed by atoms with van der Waals surface area (Å²) in [5, 5.41) is 4.51. The quantitative estimate of drug-likeness (QED) is 0.496. The number of fused-ring (bicyclic) bond motifs is 1. The van der Waals surface area contributed by atoms with Gasteiger partial charge in [0.2, 0.25) is 0 Å². The van der Waals surface area contributed by atoms with Gasteiger partial charge in [-0.25, -0.2) is 9.50 Å². The smallest absolute Gasteiger partial charge is 0.336 e. The van der Waals surface area contributed by atoms with Crippen LogP contribution >= 0.6 is 0 Å². The number of likely N-dealkylation sites (tertiary alicyclic amines) is 1. The third-order valence-electron chi connectivity index (χ3n) is 5.54. The lowest BCUT2D eigenvalue weighted by molar-refractivity contribution is 0.275. The van der Waals surface area contributed by atoms with Crippen LogP contribution in [0.15, 0.2) is 55.0 Å². The third-order valence-corrected chi connectivity index (χ3v) is 5.54. The lowest BCUT2D eigenvalue weighted by Gasteiger charge is -2.14. The molecule has 0 amide bonds. The monoisotopic (exact) mass is 415 g/mol. The van der Waals surface area contributed by atoms with Crippen molar-refractivity contribution in [3.8, 4) is 6.01 Å². The molecule has 1 aliphatic heterocycles. The summed E-state index contributed by atoms with van der Waals surface area (Å²) in [5.41, 5.74) is 11.0. The van der Waals surface area contributed by atoms with Crippen LogP contribution in [-0.2, 0) is 19.6 Å². The van der Waals surface area contributed by atoms with E-state index in [-0.39, 0.29) is 6.01 Å². The molecule has 3 aromatic heterocycles. The van der Waals surface area contributed by atoms with E-state index < -0.39 is 0 Å². The van der Waals surface area contributed by atoms with Gasteiger partial charge in [0, 0.05) is 30.9 Å². The van der Waals surface area contributed by atoms with Crippen molar-refractivity contribution in [3.05, 3.63) is 77.4 Å². The molecule has 8 nitrogen and oxygen atoms in total. The number of benzene rings is 1. The van der Waals surface area contributed by atoms with Crippen molar-refractivity contribution in [3.63, 3.8) is 0 Å². The van der Waals surface area contributed by atoms with Gasteiger partial charge in [-0.2, -0.15) is 4.98 Å². The Morgan fingerprint density at radius 2 is 1.77 bits per heavy atom. The second kappa shape index (κ2) is 8.69. The molecule has 0 atom stereocenters. The number of pyridine rings is 1. The maximum absolute atomic E-state index is 6.10. The van der Waals surface area contributed by atoms with Crippen LogP contribution in [0.25, 0.3) is 5.65 Å². The van der Waals surface area contributed by atoms with Gasteiger partial charge in [-0.15, -0.1) is 5.10 Å². The molecule has 0 saturated carbocycles. The number of nitrogens with two attached hydrogens (primary N) is 1. The Morgan fingerprint density at radius 1 is 0.968 bits per heavy atom. The summed E-state index contributed by atoms with van der Waals surface area (Å²) in [7, 11) is 0. The lowest BCUT2D eigenvalue weighted by Crippen LogP contribution is -2.18. The fourth-order valence-corrected chi connectivity index (χ4v) is 3.91. The molecule has 0 spiro atoms. The Bertz CT molecular complexity index is 1150. The fraction of sp³-hybridized carbons (Fsp3) is 0.304. The molecule has 0 aliphatic carbocycles. The average Bonchev–Trinajstić information content (AvgIpc) is 3.45. The van der Waals surface area contributed by atoms with E-state index in [2.05, 4.69) is 49.2 Å². The molecule has 31 heavy (non-hydrogen) atoms. The molecule has 0 bridgehead atoms. The van der Waals surface area contributed by atoms with Crippen LogP contribution in [0.3, 0.4) is 0 Å². The summed E-state index contributed by atoms with van der Waals surface area (Å²) in [6, 6.07) is 12.8. The summed E-state index contributed by atoms with van der Waals surface area (Å²) < 4.78 is 7.46. The number of anilines is 1. The van der Waals surface area contributed by atoms with Crippen LogP contribution in [-0.4, -0.2) is 42.6 Å². The third kappa shape index (κ3) is 4.49. The minimum Gasteiger partial charge on any atom is -0.457 e. The summed E-state index contributed by atoms with van der Waals surface area (Å²) >= 11 is 0. The van der Waals surface area contributed by atoms with Gasteiger partial charge >= 0.3 is 6.01 Å². The zero-order valence-corrected chi connectivity index (χ0v) is 17.3. The molecular formula is C23H25N7O.